The first-order chi connectivity index (χ1) is 14.0. The Hall–Kier alpha value is -2.94. The standard InChI is InChI=1S/C12H13N5O.C11H16/c13-5-9-1-2-11(16-15-9)17-6-10(14-8-18)12(7-17)3-4-12;1-4-10-5-7-11(8-6-10)9(2)3/h1-2,8,10H,3-4,6-7H2,(H,14,18);5-9H,4H2,1-3H3. The molecule has 6 nitrogen and oxygen atoms in total. The predicted molar refractivity (Wildman–Crippen MR) is 114 cm³/mol. The molecule has 1 amide bonds. The number of rotatable bonds is 5. The van der Waals surface area contributed by atoms with Crippen molar-refractivity contribution in [3.8, 4) is 6.07 Å². The molecule has 0 radical (unpaired) electrons. The summed E-state index contributed by atoms with van der Waals surface area (Å²) in [6.07, 6.45) is 4.22. The van der Waals surface area contributed by atoms with Gasteiger partial charge in [0.25, 0.3) is 0 Å². The van der Waals surface area contributed by atoms with E-state index in [9.17, 15) is 4.79 Å². The van der Waals surface area contributed by atoms with E-state index < -0.39 is 0 Å². The molecule has 29 heavy (non-hydrogen) atoms. The third-order valence-corrected chi connectivity index (χ3v) is 5.95. The van der Waals surface area contributed by atoms with Crippen molar-refractivity contribution >= 4 is 12.2 Å². The normalized spacial score (nSPS) is 18.7. The number of benzene rings is 1. The summed E-state index contributed by atoms with van der Waals surface area (Å²) < 4.78 is 0. The van der Waals surface area contributed by atoms with Crippen molar-refractivity contribution < 1.29 is 4.79 Å². The molecule has 1 spiro atoms. The maximum atomic E-state index is 10.6. The monoisotopic (exact) mass is 391 g/mol. The van der Waals surface area contributed by atoms with Gasteiger partial charge < -0.3 is 10.2 Å². The van der Waals surface area contributed by atoms with E-state index in [2.05, 4.69) is 65.5 Å². The van der Waals surface area contributed by atoms with Gasteiger partial charge in [-0.3, -0.25) is 4.79 Å². The highest BCUT2D eigenvalue weighted by Gasteiger charge is 2.55. The maximum absolute atomic E-state index is 10.6. The first kappa shape index (κ1) is 20.8. The summed E-state index contributed by atoms with van der Waals surface area (Å²) in [6.45, 7) is 8.30. The Morgan fingerprint density at radius 3 is 2.45 bits per heavy atom. The molecule has 1 atom stereocenters. The molecule has 1 aromatic heterocycles. The molecule has 4 rings (SSSR count). The first-order valence-electron chi connectivity index (χ1n) is 10.3. The molecule has 1 unspecified atom stereocenters. The maximum Gasteiger partial charge on any atom is 0.207 e. The van der Waals surface area contributed by atoms with Gasteiger partial charge in [-0.25, -0.2) is 0 Å². The van der Waals surface area contributed by atoms with Crippen LogP contribution in [0.25, 0.3) is 0 Å². The van der Waals surface area contributed by atoms with Crippen LogP contribution < -0.4 is 10.2 Å². The van der Waals surface area contributed by atoms with Crippen molar-refractivity contribution in [2.45, 2.75) is 52.0 Å². The number of hydrogen-bond acceptors (Lipinski definition) is 5. The smallest absolute Gasteiger partial charge is 0.207 e. The number of nitrogens with zero attached hydrogens (tertiary/aromatic N) is 4. The Kier molecular flexibility index (Phi) is 6.48. The van der Waals surface area contributed by atoms with Crippen LogP contribution in [-0.4, -0.2) is 35.7 Å². The van der Waals surface area contributed by atoms with E-state index in [4.69, 9.17) is 5.26 Å². The van der Waals surface area contributed by atoms with Crippen molar-refractivity contribution in [1.82, 2.24) is 15.5 Å². The summed E-state index contributed by atoms with van der Waals surface area (Å²) in [5.74, 6) is 1.43. The molecule has 1 aliphatic heterocycles. The van der Waals surface area contributed by atoms with Crippen LogP contribution in [0.3, 0.4) is 0 Å². The van der Waals surface area contributed by atoms with Crippen LogP contribution >= 0.6 is 0 Å². The van der Waals surface area contributed by atoms with E-state index in [1.807, 2.05) is 12.1 Å². The third-order valence-electron chi connectivity index (χ3n) is 5.95. The van der Waals surface area contributed by atoms with Crippen LogP contribution in [0.15, 0.2) is 36.4 Å². The second-order valence-corrected chi connectivity index (χ2v) is 8.22. The van der Waals surface area contributed by atoms with E-state index >= 15 is 0 Å². The minimum Gasteiger partial charge on any atom is -0.354 e. The van der Waals surface area contributed by atoms with Gasteiger partial charge in [0.15, 0.2) is 11.5 Å². The lowest BCUT2D eigenvalue weighted by atomic mass is 10.0. The van der Waals surface area contributed by atoms with E-state index in [1.165, 1.54) is 11.1 Å². The van der Waals surface area contributed by atoms with Gasteiger partial charge in [0.2, 0.25) is 6.41 Å². The molecule has 0 bridgehead atoms. The largest absolute Gasteiger partial charge is 0.354 e. The van der Waals surface area contributed by atoms with E-state index in [0.717, 1.165) is 44.6 Å². The molecule has 2 fully saturated rings. The summed E-state index contributed by atoms with van der Waals surface area (Å²) in [6, 6.07) is 14.5. The molecule has 1 saturated carbocycles. The number of amides is 1. The fourth-order valence-corrected chi connectivity index (χ4v) is 3.81. The number of hydrogen-bond donors (Lipinski definition) is 1. The van der Waals surface area contributed by atoms with Gasteiger partial charge in [-0.15, -0.1) is 10.2 Å². The SMILES string of the molecule is CCc1ccc(C(C)C)cc1.N#Cc1ccc(N2CC(NC=O)C3(CC3)C2)nn1. The van der Waals surface area contributed by atoms with Crippen molar-refractivity contribution in [2.24, 2.45) is 5.41 Å². The average molecular weight is 392 g/mol. The highest BCUT2D eigenvalue weighted by molar-refractivity contribution is 5.50. The van der Waals surface area contributed by atoms with Crippen molar-refractivity contribution in [3.63, 3.8) is 0 Å². The Bertz CT molecular complexity index is 850. The van der Waals surface area contributed by atoms with Crippen molar-refractivity contribution in [2.75, 3.05) is 18.0 Å². The predicted octanol–water partition coefficient (Wildman–Crippen LogP) is 3.44. The summed E-state index contributed by atoms with van der Waals surface area (Å²) in [4.78, 5) is 12.7. The fourth-order valence-electron chi connectivity index (χ4n) is 3.81. The molecule has 2 aromatic rings. The molecule has 1 N–H and O–H groups in total. The minimum atomic E-state index is 0.201. The molecule has 1 aliphatic carbocycles. The molecular weight excluding hydrogens is 362 g/mol. The second kappa shape index (κ2) is 9.04. The van der Waals surface area contributed by atoms with Gasteiger partial charge in [-0.2, -0.15) is 5.26 Å². The molecule has 6 heteroatoms. The van der Waals surface area contributed by atoms with Crippen LogP contribution in [0.2, 0.25) is 0 Å². The third kappa shape index (κ3) is 4.92. The van der Waals surface area contributed by atoms with Crippen LogP contribution in [0, 0.1) is 16.7 Å². The van der Waals surface area contributed by atoms with Gasteiger partial charge in [0.05, 0.1) is 6.04 Å². The number of aromatic nitrogens is 2. The number of nitriles is 1. The Morgan fingerprint density at radius 2 is 1.97 bits per heavy atom. The Morgan fingerprint density at radius 1 is 1.24 bits per heavy atom. The number of nitrogens with one attached hydrogen (secondary N) is 1. The second-order valence-electron chi connectivity index (χ2n) is 8.22. The molecule has 1 aromatic carbocycles. The Labute approximate surface area is 172 Å². The van der Waals surface area contributed by atoms with Gasteiger partial charge in [-0.05, 0) is 48.4 Å². The quantitative estimate of drug-likeness (QED) is 0.790. The number of carbonyl (C=O) groups is 1. The average Bonchev–Trinajstić information content (AvgIpc) is 3.45. The fraction of sp³-hybridized carbons (Fsp3) is 0.478. The molecule has 1 saturated heterocycles. The lowest BCUT2D eigenvalue weighted by molar-refractivity contribution is -0.110. The number of carbonyl (C=O) groups excluding carboxylic acids is 1. The van der Waals surface area contributed by atoms with Gasteiger partial charge in [0.1, 0.15) is 6.07 Å². The van der Waals surface area contributed by atoms with Crippen molar-refractivity contribution in [3.05, 3.63) is 53.2 Å². The van der Waals surface area contributed by atoms with Gasteiger partial charge >= 0.3 is 0 Å². The molecule has 2 aliphatic rings. The lowest BCUT2D eigenvalue weighted by Crippen LogP contribution is -2.36. The van der Waals surface area contributed by atoms with Gasteiger partial charge in [-0.1, -0.05) is 45.0 Å². The van der Waals surface area contributed by atoms with E-state index in [0.29, 0.717) is 11.6 Å². The van der Waals surface area contributed by atoms with E-state index in [-0.39, 0.29) is 11.5 Å². The number of aryl methyl sites for hydroxylation is 1. The number of anilines is 1. The minimum absolute atomic E-state index is 0.201. The van der Waals surface area contributed by atoms with Gasteiger partial charge in [0, 0.05) is 18.5 Å². The highest BCUT2D eigenvalue weighted by atomic mass is 16.1. The summed E-state index contributed by atoms with van der Waals surface area (Å²) in [5, 5.41) is 19.5. The zero-order valence-electron chi connectivity index (χ0n) is 17.4. The summed E-state index contributed by atoms with van der Waals surface area (Å²) in [5.41, 5.74) is 3.41. The van der Waals surface area contributed by atoms with Crippen LogP contribution in [0.4, 0.5) is 5.82 Å². The molecule has 2 heterocycles. The first-order valence-corrected chi connectivity index (χ1v) is 10.3. The highest BCUT2D eigenvalue weighted by Crippen LogP contribution is 2.53. The van der Waals surface area contributed by atoms with Crippen LogP contribution in [0.1, 0.15) is 56.4 Å². The summed E-state index contributed by atoms with van der Waals surface area (Å²) in [7, 11) is 0. The summed E-state index contributed by atoms with van der Waals surface area (Å²) >= 11 is 0. The zero-order valence-corrected chi connectivity index (χ0v) is 17.4. The van der Waals surface area contributed by atoms with Crippen LogP contribution in [-0.2, 0) is 11.2 Å². The van der Waals surface area contributed by atoms with E-state index in [1.54, 1.807) is 6.07 Å². The van der Waals surface area contributed by atoms with Crippen LogP contribution in [0.5, 0.6) is 0 Å². The molecule has 152 valence electrons. The lowest BCUT2D eigenvalue weighted by Gasteiger charge is -2.15. The van der Waals surface area contributed by atoms with Crippen molar-refractivity contribution in [1.29, 1.82) is 5.26 Å². The zero-order chi connectivity index (χ0) is 20.9. The topological polar surface area (TPSA) is 81.9 Å². The molecular formula is C23H29N5O. The Balaban J connectivity index is 0.000000188.